The smallest absolute Gasteiger partial charge is 0.252 e. The van der Waals surface area contributed by atoms with Crippen molar-refractivity contribution in [3.05, 3.63) is 65.0 Å². The first-order valence-electron chi connectivity index (χ1n) is 10.2. The molecule has 0 aliphatic heterocycles. The first-order valence-corrected chi connectivity index (χ1v) is 10.2. The second-order valence-electron chi connectivity index (χ2n) is 7.93. The molecule has 0 bridgehead atoms. The molecule has 6 nitrogen and oxygen atoms in total. The minimum Gasteiger partial charge on any atom is -0.496 e. The number of carbonyl (C=O) groups excluding carboxylic acids is 1. The molecule has 1 aliphatic rings. The highest BCUT2D eigenvalue weighted by Gasteiger charge is 2.28. The number of hydrogen-bond acceptors (Lipinski definition) is 4. The van der Waals surface area contributed by atoms with Gasteiger partial charge in [0.15, 0.2) is 5.65 Å². The van der Waals surface area contributed by atoms with Crippen LogP contribution in [0.5, 0.6) is 5.75 Å². The van der Waals surface area contributed by atoms with E-state index in [4.69, 9.17) is 9.72 Å². The van der Waals surface area contributed by atoms with Crippen molar-refractivity contribution >= 4 is 27.7 Å². The van der Waals surface area contributed by atoms with Gasteiger partial charge >= 0.3 is 0 Å². The van der Waals surface area contributed by atoms with Crippen molar-refractivity contribution in [3.63, 3.8) is 0 Å². The monoisotopic (exact) mass is 400 g/mol. The Bertz CT molecular complexity index is 1290. The van der Waals surface area contributed by atoms with Crippen LogP contribution in [0, 0.1) is 6.92 Å². The van der Waals surface area contributed by atoms with Gasteiger partial charge in [-0.05, 0) is 42.7 Å². The summed E-state index contributed by atoms with van der Waals surface area (Å²) in [6.45, 7) is 2.30. The van der Waals surface area contributed by atoms with E-state index in [9.17, 15) is 4.79 Å². The third-order valence-corrected chi connectivity index (χ3v) is 5.87. The first-order chi connectivity index (χ1) is 14.6. The van der Waals surface area contributed by atoms with Crippen molar-refractivity contribution < 1.29 is 9.53 Å². The van der Waals surface area contributed by atoms with Gasteiger partial charge in [0.05, 0.1) is 23.8 Å². The fourth-order valence-electron chi connectivity index (χ4n) is 4.18. The maximum absolute atomic E-state index is 13.3. The van der Waals surface area contributed by atoms with E-state index in [1.807, 2.05) is 44.3 Å². The number of pyridine rings is 1. The Morgan fingerprint density at radius 3 is 2.80 bits per heavy atom. The van der Waals surface area contributed by atoms with E-state index in [-0.39, 0.29) is 5.91 Å². The molecule has 2 aromatic heterocycles. The lowest BCUT2D eigenvalue weighted by Crippen LogP contribution is -2.24. The number of nitrogens with one attached hydrogen (secondary N) is 1. The van der Waals surface area contributed by atoms with Crippen molar-refractivity contribution in [2.24, 2.45) is 7.05 Å². The van der Waals surface area contributed by atoms with E-state index in [2.05, 4.69) is 22.5 Å². The van der Waals surface area contributed by atoms with E-state index in [0.717, 1.165) is 57.3 Å². The molecular weight excluding hydrogens is 376 g/mol. The summed E-state index contributed by atoms with van der Waals surface area (Å²) in [5, 5.41) is 10.6. The summed E-state index contributed by atoms with van der Waals surface area (Å²) < 4.78 is 7.33. The number of nitrogens with zero attached hydrogens (tertiary/aromatic N) is 3. The predicted octanol–water partition coefficient (Wildman–Crippen LogP) is 4.25. The molecule has 2 aromatic carbocycles. The van der Waals surface area contributed by atoms with Crippen LogP contribution in [-0.2, 0) is 13.6 Å². The summed E-state index contributed by atoms with van der Waals surface area (Å²) in [7, 11) is 3.53. The molecule has 1 saturated carbocycles. The minimum atomic E-state index is -0.115. The van der Waals surface area contributed by atoms with Gasteiger partial charge in [0.2, 0.25) is 0 Å². The predicted molar refractivity (Wildman–Crippen MR) is 117 cm³/mol. The number of fused-ring (bicyclic) bond motifs is 2. The van der Waals surface area contributed by atoms with Crippen LogP contribution in [-0.4, -0.2) is 27.8 Å². The summed E-state index contributed by atoms with van der Waals surface area (Å²) in [6.07, 6.45) is 2.26. The van der Waals surface area contributed by atoms with E-state index in [1.165, 1.54) is 0 Å². The molecule has 1 amide bonds. The van der Waals surface area contributed by atoms with E-state index >= 15 is 0 Å². The molecule has 4 aromatic rings. The van der Waals surface area contributed by atoms with Crippen molar-refractivity contribution in [1.82, 2.24) is 20.1 Å². The van der Waals surface area contributed by atoms with Crippen LogP contribution in [0.2, 0.25) is 0 Å². The fraction of sp³-hybridized carbons (Fsp3) is 0.292. The summed E-state index contributed by atoms with van der Waals surface area (Å²) in [5.74, 6) is 1.11. The molecule has 152 valence electrons. The van der Waals surface area contributed by atoms with Gasteiger partial charge in [-0.25, -0.2) is 4.98 Å². The maximum Gasteiger partial charge on any atom is 0.252 e. The highest BCUT2D eigenvalue weighted by molar-refractivity contribution is 6.06. The Balaban J connectivity index is 1.53. The average Bonchev–Trinajstić information content (AvgIpc) is 3.57. The van der Waals surface area contributed by atoms with Gasteiger partial charge in [0.25, 0.3) is 5.91 Å². The Morgan fingerprint density at radius 1 is 1.23 bits per heavy atom. The second kappa shape index (κ2) is 7.13. The van der Waals surface area contributed by atoms with Crippen molar-refractivity contribution in [2.45, 2.75) is 32.2 Å². The number of aromatic nitrogens is 3. The van der Waals surface area contributed by atoms with Crippen LogP contribution in [0.15, 0.2) is 42.5 Å². The third-order valence-electron chi connectivity index (χ3n) is 5.87. The van der Waals surface area contributed by atoms with Gasteiger partial charge in [0.1, 0.15) is 5.75 Å². The van der Waals surface area contributed by atoms with E-state index in [0.29, 0.717) is 18.0 Å². The minimum absolute atomic E-state index is 0.115. The van der Waals surface area contributed by atoms with Crippen LogP contribution in [0.25, 0.3) is 21.8 Å². The number of rotatable bonds is 5. The SMILES string of the molecule is COc1ccc2ccccc2c1CNC(=O)c1cc(C2CC2)nc2c1c(C)nn2C. The lowest BCUT2D eigenvalue weighted by molar-refractivity contribution is 0.0952. The summed E-state index contributed by atoms with van der Waals surface area (Å²) in [5.41, 5.74) is 4.18. The first kappa shape index (κ1) is 18.6. The van der Waals surface area contributed by atoms with Gasteiger partial charge in [-0.15, -0.1) is 0 Å². The zero-order chi connectivity index (χ0) is 20.8. The van der Waals surface area contributed by atoms with Crippen molar-refractivity contribution in [2.75, 3.05) is 7.11 Å². The van der Waals surface area contributed by atoms with Crippen LogP contribution in [0.1, 0.15) is 46.1 Å². The molecule has 1 fully saturated rings. The molecule has 6 heteroatoms. The Hall–Kier alpha value is -3.41. The molecule has 5 rings (SSSR count). The average molecular weight is 400 g/mol. The normalized spacial score (nSPS) is 13.7. The maximum atomic E-state index is 13.3. The third kappa shape index (κ3) is 3.09. The second-order valence-corrected chi connectivity index (χ2v) is 7.93. The lowest BCUT2D eigenvalue weighted by atomic mass is 10.0. The number of hydrogen-bond donors (Lipinski definition) is 1. The van der Waals surface area contributed by atoms with Crippen LogP contribution in [0.3, 0.4) is 0 Å². The molecule has 1 aliphatic carbocycles. The molecule has 30 heavy (non-hydrogen) atoms. The Labute approximate surface area is 174 Å². The van der Waals surface area contributed by atoms with Crippen LogP contribution < -0.4 is 10.1 Å². The van der Waals surface area contributed by atoms with Crippen molar-refractivity contribution in [3.8, 4) is 5.75 Å². The zero-order valence-corrected chi connectivity index (χ0v) is 17.4. The number of benzene rings is 2. The molecule has 0 atom stereocenters. The number of ether oxygens (including phenoxy) is 1. The largest absolute Gasteiger partial charge is 0.496 e. The van der Waals surface area contributed by atoms with Gasteiger partial charge in [-0.3, -0.25) is 9.48 Å². The molecule has 1 N–H and O–H groups in total. The van der Waals surface area contributed by atoms with Crippen molar-refractivity contribution in [1.29, 1.82) is 0 Å². The summed E-state index contributed by atoms with van der Waals surface area (Å²) in [6, 6.07) is 14.1. The standard InChI is InChI=1S/C24H24N4O2/c1-14-22-18(12-20(16-8-9-16)26-23(22)28(2)27-14)24(29)25-13-19-17-7-5-4-6-15(17)10-11-21(19)30-3/h4-7,10-12,16H,8-9,13H2,1-3H3,(H,25,29). The summed E-state index contributed by atoms with van der Waals surface area (Å²) in [4.78, 5) is 18.1. The quantitative estimate of drug-likeness (QED) is 0.544. The zero-order valence-electron chi connectivity index (χ0n) is 17.4. The van der Waals surface area contributed by atoms with E-state index in [1.54, 1.807) is 11.8 Å². The number of amides is 1. The number of carbonyl (C=O) groups is 1. The Kier molecular flexibility index (Phi) is 4.42. The topological polar surface area (TPSA) is 69.0 Å². The molecule has 0 unspecified atom stereocenters. The Morgan fingerprint density at radius 2 is 2.03 bits per heavy atom. The van der Waals surface area contributed by atoms with E-state index < -0.39 is 0 Å². The lowest BCUT2D eigenvalue weighted by Gasteiger charge is -2.14. The van der Waals surface area contributed by atoms with Gasteiger partial charge in [0, 0.05) is 30.8 Å². The molecule has 0 spiro atoms. The highest BCUT2D eigenvalue weighted by atomic mass is 16.5. The van der Waals surface area contributed by atoms with Crippen LogP contribution in [0.4, 0.5) is 0 Å². The molecular formula is C24H24N4O2. The number of aryl methyl sites for hydroxylation is 2. The fourth-order valence-corrected chi connectivity index (χ4v) is 4.18. The van der Waals surface area contributed by atoms with Gasteiger partial charge in [-0.2, -0.15) is 5.10 Å². The number of methoxy groups -OCH3 is 1. The van der Waals surface area contributed by atoms with Gasteiger partial charge in [-0.1, -0.05) is 30.3 Å². The van der Waals surface area contributed by atoms with Crippen LogP contribution >= 0.6 is 0 Å². The van der Waals surface area contributed by atoms with Gasteiger partial charge < -0.3 is 10.1 Å². The highest BCUT2D eigenvalue weighted by Crippen LogP contribution is 2.40. The molecule has 0 radical (unpaired) electrons. The summed E-state index contributed by atoms with van der Waals surface area (Å²) >= 11 is 0. The molecule has 0 saturated heterocycles. The molecule has 2 heterocycles.